The summed E-state index contributed by atoms with van der Waals surface area (Å²) < 4.78 is 16.6. The van der Waals surface area contributed by atoms with Gasteiger partial charge in [0.05, 0.1) is 0 Å². The lowest BCUT2D eigenvalue weighted by Crippen LogP contribution is -2.30. The van der Waals surface area contributed by atoms with Gasteiger partial charge in [-0.2, -0.15) is 0 Å². The maximum absolute atomic E-state index is 12.6. The van der Waals surface area contributed by atoms with Crippen LogP contribution >= 0.6 is 0 Å². The standard InChI is InChI=1S/C43H82O6/c1-6-7-8-9-10-11-12-13-18-23-28-33-41(44)47-36-40(49-43(46)35-30-25-20-15-17-22-27-32-39(4)5)37-48-42(45)34-29-24-19-14-16-21-26-31-38(2)3/h38-40H,6-37H2,1-5H3/t40-/m0/s1. The highest BCUT2D eigenvalue weighted by Crippen LogP contribution is 2.16. The van der Waals surface area contributed by atoms with Gasteiger partial charge in [0.15, 0.2) is 6.10 Å². The van der Waals surface area contributed by atoms with Crippen molar-refractivity contribution < 1.29 is 28.6 Å². The van der Waals surface area contributed by atoms with E-state index in [9.17, 15) is 14.4 Å². The Morgan fingerprint density at radius 3 is 1.00 bits per heavy atom. The lowest BCUT2D eigenvalue weighted by atomic mass is 10.0. The number of carbonyl (C=O) groups is 3. The molecule has 0 fully saturated rings. The SMILES string of the molecule is CCCCCCCCCCCCCC(=O)OC[C@@H](COC(=O)CCCCCCCCCC(C)C)OC(=O)CCCCCCCCCC(C)C. The second kappa shape index (κ2) is 36.2. The van der Waals surface area contributed by atoms with Crippen LogP contribution in [-0.4, -0.2) is 37.2 Å². The van der Waals surface area contributed by atoms with Gasteiger partial charge in [0.25, 0.3) is 0 Å². The second-order valence-electron chi connectivity index (χ2n) is 15.6. The first-order valence-corrected chi connectivity index (χ1v) is 21.2. The van der Waals surface area contributed by atoms with Crippen LogP contribution in [0.15, 0.2) is 0 Å². The van der Waals surface area contributed by atoms with E-state index in [1.54, 1.807) is 0 Å². The molecule has 0 radical (unpaired) electrons. The minimum Gasteiger partial charge on any atom is -0.462 e. The molecule has 0 amide bonds. The summed E-state index contributed by atoms with van der Waals surface area (Å²) in [6, 6.07) is 0. The molecule has 1 atom stereocenters. The van der Waals surface area contributed by atoms with Crippen LogP contribution in [-0.2, 0) is 28.6 Å². The zero-order valence-corrected chi connectivity index (χ0v) is 33.3. The van der Waals surface area contributed by atoms with Gasteiger partial charge in [0, 0.05) is 19.3 Å². The normalized spacial score (nSPS) is 12.1. The summed E-state index contributed by atoms with van der Waals surface area (Å²) in [4.78, 5) is 37.5. The second-order valence-corrected chi connectivity index (χ2v) is 15.6. The quantitative estimate of drug-likeness (QED) is 0.0366. The molecule has 0 aliphatic rings. The Kier molecular flexibility index (Phi) is 35.0. The van der Waals surface area contributed by atoms with E-state index in [1.807, 2.05) is 0 Å². The van der Waals surface area contributed by atoms with E-state index in [0.717, 1.165) is 69.6 Å². The topological polar surface area (TPSA) is 78.9 Å². The van der Waals surface area contributed by atoms with Crippen LogP contribution in [0.3, 0.4) is 0 Å². The van der Waals surface area contributed by atoms with Crippen molar-refractivity contribution in [3.63, 3.8) is 0 Å². The van der Waals surface area contributed by atoms with Gasteiger partial charge in [0.2, 0.25) is 0 Å². The van der Waals surface area contributed by atoms with E-state index < -0.39 is 6.10 Å². The molecule has 0 N–H and O–H groups in total. The molecule has 0 heterocycles. The molecule has 0 bridgehead atoms. The van der Waals surface area contributed by atoms with Gasteiger partial charge in [-0.05, 0) is 31.1 Å². The molecule has 0 rings (SSSR count). The summed E-state index contributed by atoms with van der Waals surface area (Å²) in [6.07, 6.45) is 32.4. The summed E-state index contributed by atoms with van der Waals surface area (Å²) in [5, 5.41) is 0. The molecule has 0 aromatic carbocycles. The number of esters is 3. The maximum Gasteiger partial charge on any atom is 0.306 e. The summed E-state index contributed by atoms with van der Waals surface area (Å²) in [5.74, 6) is 0.692. The fraction of sp³-hybridized carbons (Fsp3) is 0.930. The predicted molar refractivity (Wildman–Crippen MR) is 206 cm³/mol. The van der Waals surface area contributed by atoms with E-state index in [4.69, 9.17) is 14.2 Å². The van der Waals surface area contributed by atoms with Crippen molar-refractivity contribution in [3.05, 3.63) is 0 Å². The van der Waals surface area contributed by atoms with Gasteiger partial charge < -0.3 is 14.2 Å². The third-order valence-corrected chi connectivity index (χ3v) is 9.47. The van der Waals surface area contributed by atoms with Crippen molar-refractivity contribution >= 4 is 17.9 Å². The van der Waals surface area contributed by atoms with Gasteiger partial charge >= 0.3 is 17.9 Å². The van der Waals surface area contributed by atoms with Crippen molar-refractivity contribution in [2.24, 2.45) is 11.8 Å². The Bertz CT molecular complexity index is 749. The molecular formula is C43H82O6. The maximum atomic E-state index is 12.6. The first-order chi connectivity index (χ1) is 23.7. The molecule has 0 aromatic rings. The summed E-state index contributed by atoms with van der Waals surface area (Å²) in [7, 11) is 0. The highest BCUT2D eigenvalue weighted by molar-refractivity contribution is 5.71. The minimum absolute atomic E-state index is 0.0664. The molecule has 0 aromatic heterocycles. The number of carbonyl (C=O) groups excluding carboxylic acids is 3. The van der Waals surface area contributed by atoms with Crippen molar-refractivity contribution in [3.8, 4) is 0 Å². The summed E-state index contributed by atoms with van der Waals surface area (Å²) in [5.41, 5.74) is 0. The Morgan fingerprint density at radius 2 is 0.673 bits per heavy atom. The largest absolute Gasteiger partial charge is 0.462 e. The minimum atomic E-state index is -0.760. The Balaban J connectivity index is 4.35. The molecule has 0 spiro atoms. The van der Waals surface area contributed by atoms with Crippen LogP contribution in [0.4, 0.5) is 0 Å². The number of hydrogen-bond acceptors (Lipinski definition) is 6. The lowest BCUT2D eigenvalue weighted by molar-refractivity contribution is -0.167. The van der Waals surface area contributed by atoms with E-state index in [1.165, 1.54) is 116 Å². The van der Waals surface area contributed by atoms with Crippen LogP contribution in [0.5, 0.6) is 0 Å². The zero-order valence-electron chi connectivity index (χ0n) is 33.3. The molecule has 6 nitrogen and oxygen atoms in total. The third-order valence-electron chi connectivity index (χ3n) is 9.47. The average Bonchev–Trinajstić information content (AvgIpc) is 3.06. The fourth-order valence-corrected chi connectivity index (χ4v) is 6.22. The first-order valence-electron chi connectivity index (χ1n) is 21.2. The van der Waals surface area contributed by atoms with Gasteiger partial charge in [-0.15, -0.1) is 0 Å². The van der Waals surface area contributed by atoms with E-state index in [2.05, 4.69) is 34.6 Å². The molecular weight excluding hydrogens is 612 g/mol. The van der Waals surface area contributed by atoms with Crippen molar-refractivity contribution in [1.82, 2.24) is 0 Å². The van der Waals surface area contributed by atoms with Gasteiger partial charge in [-0.1, -0.05) is 189 Å². The predicted octanol–water partition coefficient (Wildman–Crippen LogP) is 13.0. The first kappa shape index (κ1) is 47.4. The number of rotatable bonds is 37. The average molecular weight is 695 g/mol. The zero-order chi connectivity index (χ0) is 36.2. The summed E-state index contributed by atoms with van der Waals surface area (Å²) in [6.45, 7) is 11.2. The molecule has 0 aliphatic heterocycles. The highest BCUT2D eigenvalue weighted by Gasteiger charge is 2.19. The Hall–Kier alpha value is -1.59. The van der Waals surface area contributed by atoms with Crippen LogP contribution < -0.4 is 0 Å². The van der Waals surface area contributed by atoms with Gasteiger partial charge in [-0.3, -0.25) is 14.4 Å². The smallest absolute Gasteiger partial charge is 0.306 e. The van der Waals surface area contributed by atoms with E-state index in [-0.39, 0.29) is 31.1 Å². The van der Waals surface area contributed by atoms with Crippen molar-refractivity contribution in [1.29, 1.82) is 0 Å². The van der Waals surface area contributed by atoms with Crippen LogP contribution in [0.25, 0.3) is 0 Å². The van der Waals surface area contributed by atoms with E-state index in [0.29, 0.717) is 19.3 Å². The monoisotopic (exact) mass is 695 g/mol. The molecule has 0 unspecified atom stereocenters. The Labute approximate surface area is 304 Å². The third kappa shape index (κ3) is 37.5. The van der Waals surface area contributed by atoms with Crippen LogP contribution in [0.2, 0.25) is 0 Å². The molecule has 6 heteroatoms. The number of hydrogen-bond donors (Lipinski definition) is 0. The van der Waals surface area contributed by atoms with Gasteiger partial charge in [-0.25, -0.2) is 0 Å². The molecule has 0 saturated carbocycles. The fourth-order valence-electron chi connectivity index (χ4n) is 6.22. The molecule has 0 saturated heterocycles. The number of ether oxygens (including phenoxy) is 3. The van der Waals surface area contributed by atoms with Gasteiger partial charge in [0.1, 0.15) is 13.2 Å². The van der Waals surface area contributed by atoms with Crippen molar-refractivity contribution in [2.45, 2.75) is 233 Å². The molecule has 0 aliphatic carbocycles. The van der Waals surface area contributed by atoms with Crippen LogP contribution in [0.1, 0.15) is 227 Å². The van der Waals surface area contributed by atoms with Crippen molar-refractivity contribution in [2.75, 3.05) is 13.2 Å². The summed E-state index contributed by atoms with van der Waals surface area (Å²) >= 11 is 0. The molecule has 290 valence electrons. The van der Waals surface area contributed by atoms with E-state index >= 15 is 0 Å². The highest BCUT2D eigenvalue weighted by atomic mass is 16.6. The lowest BCUT2D eigenvalue weighted by Gasteiger charge is -2.18. The van der Waals surface area contributed by atoms with Crippen LogP contribution in [0, 0.1) is 11.8 Å². The number of unbranched alkanes of at least 4 members (excludes halogenated alkanes) is 22. The Morgan fingerprint density at radius 1 is 0.388 bits per heavy atom. The molecule has 49 heavy (non-hydrogen) atoms.